The Labute approximate surface area is 104 Å². The SMILES string of the molecule is O=C(OCCC(F)CS(=O)(=O)O)c1ccccc1. The lowest BCUT2D eigenvalue weighted by Crippen LogP contribution is -2.19. The molecule has 0 aliphatic rings. The van der Waals surface area contributed by atoms with E-state index in [9.17, 15) is 17.6 Å². The van der Waals surface area contributed by atoms with E-state index in [4.69, 9.17) is 9.29 Å². The van der Waals surface area contributed by atoms with Crippen molar-refractivity contribution in [2.24, 2.45) is 0 Å². The van der Waals surface area contributed by atoms with Crippen LogP contribution in [0.1, 0.15) is 16.8 Å². The van der Waals surface area contributed by atoms with E-state index in [1.807, 2.05) is 0 Å². The second kappa shape index (κ2) is 6.46. The van der Waals surface area contributed by atoms with Gasteiger partial charge in [0.1, 0.15) is 11.9 Å². The summed E-state index contributed by atoms with van der Waals surface area (Å²) in [5, 5.41) is 0. The molecule has 0 radical (unpaired) electrons. The van der Waals surface area contributed by atoms with Crippen LogP contribution in [0.5, 0.6) is 0 Å². The normalized spacial score (nSPS) is 13.0. The summed E-state index contributed by atoms with van der Waals surface area (Å²) in [6, 6.07) is 8.15. The van der Waals surface area contributed by atoms with Gasteiger partial charge in [0.15, 0.2) is 0 Å². The second-order valence-corrected chi connectivity index (χ2v) is 5.13. The summed E-state index contributed by atoms with van der Waals surface area (Å²) >= 11 is 0. The molecule has 0 saturated carbocycles. The van der Waals surface area contributed by atoms with Crippen molar-refractivity contribution < 1.29 is 26.9 Å². The van der Waals surface area contributed by atoms with Gasteiger partial charge in [0.05, 0.1) is 12.2 Å². The molecule has 7 heteroatoms. The van der Waals surface area contributed by atoms with Gasteiger partial charge in [-0.2, -0.15) is 8.42 Å². The Balaban J connectivity index is 2.32. The van der Waals surface area contributed by atoms with Crippen molar-refractivity contribution in [2.45, 2.75) is 12.6 Å². The van der Waals surface area contributed by atoms with Crippen LogP contribution in [0.15, 0.2) is 30.3 Å². The molecule has 1 aromatic carbocycles. The number of halogens is 1. The van der Waals surface area contributed by atoms with Gasteiger partial charge in [0, 0.05) is 6.42 Å². The standard InChI is InChI=1S/C11H13FO5S/c12-10(8-18(14,15)16)6-7-17-11(13)9-4-2-1-3-5-9/h1-5,10H,6-8H2,(H,14,15,16). The van der Waals surface area contributed by atoms with Crippen LogP contribution in [0, 0.1) is 0 Å². The Morgan fingerprint density at radius 3 is 2.50 bits per heavy atom. The Morgan fingerprint density at radius 2 is 1.94 bits per heavy atom. The molecule has 18 heavy (non-hydrogen) atoms. The molecule has 0 aliphatic carbocycles. The number of benzene rings is 1. The molecule has 1 atom stereocenters. The fraction of sp³-hybridized carbons (Fsp3) is 0.364. The van der Waals surface area contributed by atoms with Crippen LogP contribution in [0.25, 0.3) is 0 Å². The highest BCUT2D eigenvalue weighted by molar-refractivity contribution is 7.85. The second-order valence-electron chi connectivity index (χ2n) is 3.64. The van der Waals surface area contributed by atoms with E-state index in [1.165, 1.54) is 0 Å². The highest BCUT2D eigenvalue weighted by Crippen LogP contribution is 2.05. The molecule has 0 fully saturated rings. The first kappa shape index (κ1) is 14.6. The third-order valence-corrected chi connectivity index (χ3v) is 2.85. The quantitative estimate of drug-likeness (QED) is 0.628. The third kappa shape index (κ3) is 5.74. The average Bonchev–Trinajstić information content (AvgIpc) is 2.27. The highest BCUT2D eigenvalue weighted by Gasteiger charge is 2.16. The van der Waals surface area contributed by atoms with Crippen LogP contribution in [0.2, 0.25) is 0 Å². The van der Waals surface area contributed by atoms with Crippen molar-refractivity contribution in [1.29, 1.82) is 0 Å². The third-order valence-electron chi connectivity index (χ3n) is 2.07. The summed E-state index contributed by atoms with van der Waals surface area (Å²) in [4.78, 5) is 11.4. The van der Waals surface area contributed by atoms with E-state index >= 15 is 0 Å². The van der Waals surface area contributed by atoms with E-state index in [1.54, 1.807) is 30.3 Å². The smallest absolute Gasteiger partial charge is 0.338 e. The maximum atomic E-state index is 13.0. The van der Waals surface area contributed by atoms with E-state index in [0.717, 1.165) is 0 Å². The van der Waals surface area contributed by atoms with E-state index in [0.29, 0.717) is 5.56 Å². The molecule has 0 aromatic heterocycles. The average molecular weight is 276 g/mol. The molecule has 0 spiro atoms. The van der Waals surface area contributed by atoms with Crippen LogP contribution < -0.4 is 0 Å². The largest absolute Gasteiger partial charge is 0.462 e. The van der Waals surface area contributed by atoms with Crippen molar-refractivity contribution in [1.82, 2.24) is 0 Å². The van der Waals surface area contributed by atoms with Crippen molar-refractivity contribution >= 4 is 16.1 Å². The van der Waals surface area contributed by atoms with E-state index in [2.05, 4.69) is 0 Å². The van der Waals surface area contributed by atoms with Gasteiger partial charge in [0.2, 0.25) is 0 Å². The summed E-state index contributed by atoms with van der Waals surface area (Å²) < 4.78 is 46.9. The van der Waals surface area contributed by atoms with E-state index in [-0.39, 0.29) is 13.0 Å². The molecular formula is C11H13FO5S. The van der Waals surface area contributed by atoms with Gasteiger partial charge in [0.25, 0.3) is 10.1 Å². The summed E-state index contributed by atoms with van der Waals surface area (Å²) in [5.41, 5.74) is 0.336. The molecule has 0 saturated heterocycles. The molecule has 1 rings (SSSR count). The molecular weight excluding hydrogens is 263 g/mol. The van der Waals surface area contributed by atoms with Gasteiger partial charge in [-0.1, -0.05) is 18.2 Å². The first-order chi connectivity index (χ1) is 8.38. The Kier molecular flexibility index (Phi) is 5.24. The molecule has 0 amide bonds. The van der Waals surface area contributed by atoms with Crippen molar-refractivity contribution in [2.75, 3.05) is 12.4 Å². The zero-order valence-corrected chi connectivity index (χ0v) is 10.3. The predicted molar refractivity (Wildman–Crippen MR) is 62.7 cm³/mol. The van der Waals surface area contributed by atoms with Gasteiger partial charge in [-0.3, -0.25) is 4.55 Å². The fourth-order valence-corrected chi connectivity index (χ4v) is 1.87. The zero-order chi connectivity index (χ0) is 13.6. The molecule has 0 aliphatic heterocycles. The van der Waals surface area contributed by atoms with Crippen LogP contribution >= 0.6 is 0 Å². The molecule has 100 valence electrons. The number of alkyl halides is 1. The molecule has 5 nitrogen and oxygen atoms in total. The van der Waals surface area contributed by atoms with Crippen molar-refractivity contribution in [3.63, 3.8) is 0 Å². The zero-order valence-electron chi connectivity index (χ0n) is 9.45. The van der Waals surface area contributed by atoms with Gasteiger partial charge in [-0.25, -0.2) is 9.18 Å². The maximum Gasteiger partial charge on any atom is 0.338 e. The van der Waals surface area contributed by atoms with Crippen molar-refractivity contribution in [3.05, 3.63) is 35.9 Å². The number of rotatable bonds is 6. The summed E-state index contributed by atoms with van der Waals surface area (Å²) in [6.07, 6.45) is -2.04. The van der Waals surface area contributed by atoms with Crippen LogP contribution in [0.4, 0.5) is 4.39 Å². The first-order valence-corrected chi connectivity index (χ1v) is 6.81. The minimum absolute atomic E-state index is 0.246. The number of hydrogen-bond donors (Lipinski definition) is 1. The molecule has 0 heterocycles. The van der Waals surface area contributed by atoms with Crippen LogP contribution in [-0.4, -0.2) is 37.5 Å². The molecule has 1 N–H and O–H groups in total. The Morgan fingerprint density at radius 1 is 1.33 bits per heavy atom. The first-order valence-electron chi connectivity index (χ1n) is 5.20. The molecule has 1 unspecified atom stereocenters. The number of carbonyl (C=O) groups excluding carboxylic acids is 1. The summed E-state index contributed by atoms with van der Waals surface area (Å²) in [5.74, 6) is -1.59. The minimum atomic E-state index is -4.34. The van der Waals surface area contributed by atoms with Crippen molar-refractivity contribution in [3.8, 4) is 0 Å². The summed E-state index contributed by atoms with van der Waals surface area (Å²) in [7, 11) is -4.34. The number of esters is 1. The summed E-state index contributed by atoms with van der Waals surface area (Å²) in [6.45, 7) is -0.246. The lowest BCUT2D eigenvalue weighted by molar-refractivity contribution is 0.0478. The monoisotopic (exact) mass is 276 g/mol. The molecule has 1 aromatic rings. The van der Waals surface area contributed by atoms with E-state index < -0.39 is 28.0 Å². The lowest BCUT2D eigenvalue weighted by Gasteiger charge is -2.07. The number of carbonyl (C=O) groups is 1. The van der Waals surface area contributed by atoms with Gasteiger partial charge < -0.3 is 4.74 Å². The Bertz CT molecular complexity index is 485. The lowest BCUT2D eigenvalue weighted by atomic mass is 10.2. The minimum Gasteiger partial charge on any atom is -0.462 e. The predicted octanol–water partition coefficient (Wildman–Crippen LogP) is 1.46. The van der Waals surface area contributed by atoms with Gasteiger partial charge in [-0.05, 0) is 12.1 Å². The topological polar surface area (TPSA) is 80.7 Å². The van der Waals surface area contributed by atoms with Gasteiger partial charge in [-0.15, -0.1) is 0 Å². The maximum absolute atomic E-state index is 13.0. The van der Waals surface area contributed by atoms with Crippen LogP contribution in [-0.2, 0) is 14.9 Å². The Hall–Kier alpha value is -1.47. The van der Waals surface area contributed by atoms with Gasteiger partial charge >= 0.3 is 5.97 Å². The highest BCUT2D eigenvalue weighted by atomic mass is 32.2. The number of hydrogen-bond acceptors (Lipinski definition) is 4. The molecule has 0 bridgehead atoms. The fourth-order valence-electron chi connectivity index (χ4n) is 1.25. The number of ether oxygens (including phenoxy) is 1. The van der Waals surface area contributed by atoms with Crippen LogP contribution in [0.3, 0.4) is 0 Å².